The van der Waals surface area contributed by atoms with E-state index in [4.69, 9.17) is 14.6 Å². The fourth-order valence-electron chi connectivity index (χ4n) is 2.57. The van der Waals surface area contributed by atoms with Crippen molar-refractivity contribution >= 4 is 0 Å². The van der Waals surface area contributed by atoms with Gasteiger partial charge in [0.1, 0.15) is 24.2 Å². The van der Waals surface area contributed by atoms with Gasteiger partial charge in [0.15, 0.2) is 0 Å². The van der Waals surface area contributed by atoms with Crippen LogP contribution in [0.4, 0.5) is 0 Å². The van der Waals surface area contributed by atoms with Crippen LogP contribution in [0.3, 0.4) is 0 Å². The molecular formula is C21H28O4. The molecule has 0 spiro atoms. The topological polar surface area (TPSA) is 58.9 Å². The minimum absolute atomic E-state index is 0.0818. The summed E-state index contributed by atoms with van der Waals surface area (Å²) in [5.41, 5.74) is 2.23. The van der Waals surface area contributed by atoms with Crippen molar-refractivity contribution in [2.75, 3.05) is 19.8 Å². The Morgan fingerprint density at radius 3 is 1.80 bits per heavy atom. The van der Waals surface area contributed by atoms with E-state index in [-0.39, 0.29) is 18.6 Å². The van der Waals surface area contributed by atoms with Gasteiger partial charge in [-0.15, -0.1) is 0 Å². The van der Waals surface area contributed by atoms with Crippen LogP contribution in [0.15, 0.2) is 48.5 Å². The maximum absolute atomic E-state index is 9.34. The molecule has 0 aliphatic rings. The van der Waals surface area contributed by atoms with Gasteiger partial charge in [0.25, 0.3) is 0 Å². The second kappa shape index (κ2) is 8.88. The van der Waals surface area contributed by atoms with E-state index in [0.717, 1.165) is 18.8 Å². The smallest absolute Gasteiger partial charge is 0.119 e. The van der Waals surface area contributed by atoms with E-state index in [1.807, 2.05) is 36.4 Å². The van der Waals surface area contributed by atoms with Gasteiger partial charge in [0.05, 0.1) is 13.2 Å². The van der Waals surface area contributed by atoms with Crippen molar-refractivity contribution in [2.24, 2.45) is 0 Å². The molecule has 0 saturated heterocycles. The Balaban J connectivity index is 2.07. The summed E-state index contributed by atoms with van der Waals surface area (Å²) in [6.07, 6.45) is 0.140. The highest BCUT2D eigenvalue weighted by Gasteiger charge is 2.23. The third-order valence-electron chi connectivity index (χ3n) is 4.28. The first kappa shape index (κ1) is 19.3. The van der Waals surface area contributed by atoms with Gasteiger partial charge in [-0.3, -0.25) is 0 Å². The molecule has 136 valence electrons. The summed E-state index contributed by atoms with van der Waals surface area (Å²) in [4.78, 5) is 0. The molecule has 0 aromatic heterocycles. The average Bonchev–Trinajstić information content (AvgIpc) is 2.65. The Kier molecular flexibility index (Phi) is 6.85. The predicted molar refractivity (Wildman–Crippen MR) is 99.4 cm³/mol. The van der Waals surface area contributed by atoms with Crippen molar-refractivity contribution in [3.8, 4) is 11.5 Å². The molecule has 1 unspecified atom stereocenters. The molecule has 0 radical (unpaired) electrons. The minimum Gasteiger partial charge on any atom is -0.494 e. The van der Waals surface area contributed by atoms with Crippen LogP contribution in [0.1, 0.15) is 38.3 Å². The Labute approximate surface area is 150 Å². The maximum Gasteiger partial charge on any atom is 0.119 e. The van der Waals surface area contributed by atoms with Gasteiger partial charge >= 0.3 is 0 Å². The molecule has 4 heteroatoms. The monoisotopic (exact) mass is 344 g/mol. The number of hydrogen-bond donors (Lipinski definition) is 2. The normalized spacial score (nSPS) is 12.7. The first-order chi connectivity index (χ1) is 12.0. The molecule has 4 nitrogen and oxygen atoms in total. The molecule has 0 fully saturated rings. The third kappa shape index (κ3) is 5.21. The summed E-state index contributed by atoms with van der Waals surface area (Å²) in [5, 5.41) is 18.2. The molecule has 0 heterocycles. The van der Waals surface area contributed by atoms with Crippen molar-refractivity contribution in [2.45, 2.75) is 38.7 Å². The van der Waals surface area contributed by atoms with E-state index in [9.17, 15) is 5.11 Å². The maximum atomic E-state index is 9.34. The van der Waals surface area contributed by atoms with Crippen LogP contribution in [0, 0.1) is 0 Å². The lowest BCUT2D eigenvalue weighted by molar-refractivity contribution is 0.0536. The van der Waals surface area contributed by atoms with Crippen molar-refractivity contribution in [1.82, 2.24) is 0 Å². The summed E-state index contributed by atoms with van der Waals surface area (Å²) in [7, 11) is 0. The predicted octanol–water partition coefficient (Wildman–Crippen LogP) is 3.53. The zero-order valence-corrected chi connectivity index (χ0v) is 15.2. The lowest BCUT2D eigenvalue weighted by Crippen LogP contribution is -2.21. The second-order valence-electron chi connectivity index (χ2n) is 6.67. The largest absolute Gasteiger partial charge is 0.494 e. The Hall–Kier alpha value is -2.04. The van der Waals surface area contributed by atoms with E-state index in [0.29, 0.717) is 5.75 Å². The quantitative estimate of drug-likeness (QED) is 0.730. The SMILES string of the molecule is CCCOc1ccc(C(C)(C)c2ccc(OCC(O)CO)cc2)cc1. The molecule has 0 aliphatic carbocycles. The number of benzene rings is 2. The zero-order chi connectivity index (χ0) is 18.3. The summed E-state index contributed by atoms with van der Waals surface area (Å²) in [5.74, 6) is 1.57. The van der Waals surface area contributed by atoms with Crippen LogP contribution in [-0.2, 0) is 5.41 Å². The van der Waals surface area contributed by atoms with Gasteiger partial charge in [-0.2, -0.15) is 0 Å². The summed E-state index contributed by atoms with van der Waals surface area (Å²) < 4.78 is 11.1. The van der Waals surface area contributed by atoms with Crippen LogP contribution in [0.2, 0.25) is 0 Å². The minimum atomic E-state index is -0.857. The summed E-state index contributed by atoms with van der Waals surface area (Å²) in [6.45, 7) is 6.96. The molecule has 2 rings (SSSR count). The Morgan fingerprint density at radius 1 is 0.880 bits per heavy atom. The Morgan fingerprint density at radius 2 is 1.36 bits per heavy atom. The van der Waals surface area contributed by atoms with E-state index in [1.54, 1.807) is 0 Å². The fourth-order valence-corrected chi connectivity index (χ4v) is 2.57. The number of hydrogen-bond acceptors (Lipinski definition) is 4. The lowest BCUT2D eigenvalue weighted by Gasteiger charge is -2.26. The molecule has 0 aliphatic heterocycles. The molecule has 2 aromatic rings. The van der Waals surface area contributed by atoms with Gasteiger partial charge in [-0.1, -0.05) is 45.0 Å². The highest BCUT2D eigenvalue weighted by Crippen LogP contribution is 2.33. The summed E-state index contributed by atoms with van der Waals surface area (Å²) in [6, 6.07) is 16.1. The molecule has 25 heavy (non-hydrogen) atoms. The molecule has 0 amide bonds. The molecule has 0 saturated carbocycles. The van der Waals surface area contributed by atoms with Crippen molar-refractivity contribution in [1.29, 1.82) is 0 Å². The Bertz CT molecular complexity index is 632. The second-order valence-corrected chi connectivity index (χ2v) is 6.67. The van der Waals surface area contributed by atoms with Gasteiger partial charge in [-0.05, 0) is 41.8 Å². The van der Waals surface area contributed by atoms with Gasteiger partial charge in [0.2, 0.25) is 0 Å². The third-order valence-corrected chi connectivity index (χ3v) is 4.28. The molecule has 0 bridgehead atoms. The van der Waals surface area contributed by atoms with Crippen molar-refractivity contribution in [3.05, 3.63) is 59.7 Å². The molecule has 1 atom stereocenters. The number of ether oxygens (including phenoxy) is 2. The fraction of sp³-hybridized carbons (Fsp3) is 0.429. The first-order valence-electron chi connectivity index (χ1n) is 8.73. The van der Waals surface area contributed by atoms with Crippen LogP contribution < -0.4 is 9.47 Å². The summed E-state index contributed by atoms with van der Waals surface area (Å²) >= 11 is 0. The van der Waals surface area contributed by atoms with Gasteiger partial charge in [0, 0.05) is 5.41 Å². The van der Waals surface area contributed by atoms with E-state index < -0.39 is 6.10 Å². The standard InChI is InChI=1S/C21H28O4/c1-4-13-24-19-9-5-16(6-10-19)21(2,3)17-7-11-20(12-8-17)25-15-18(23)14-22/h5-12,18,22-23H,4,13-15H2,1-3H3. The number of aliphatic hydroxyl groups is 2. The lowest BCUT2D eigenvalue weighted by atomic mass is 9.78. The highest BCUT2D eigenvalue weighted by molar-refractivity contribution is 5.41. The zero-order valence-electron chi connectivity index (χ0n) is 15.2. The average molecular weight is 344 g/mol. The van der Waals surface area contributed by atoms with Crippen molar-refractivity contribution < 1.29 is 19.7 Å². The van der Waals surface area contributed by atoms with Crippen molar-refractivity contribution in [3.63, 3.8) is 0 Å². The highest BCUT2D eigenvalue weighted by atomic mass is 16.5. The van der Waals surface area contributed by atoms with Crippen LogP contribution in [-0.4, -0.2) is 36.1 Å². The van der Waals surface area contributed by atoms with E-state index in [1.165, 1.54) is 11.1 Å². The molecular weight excluding hydrogens is 316 g/mol. The molecule has 2 aromatic carbocycles. The van der Waals surface area contributed by atoms with Gasteiger partial charge < -0.3 is 19.7 Å². The van der Waals surface area contributed by atoms with E-state index >= 15 is 0 Å². The first-order valence-corrected chi connectivity index (χ1v) is 8.73. The molecule has 2 N–H and O–H groups in total. The van der Waals surface area contributed by atoms with Gasteiger partial charge in [-0.25, -0.2) is 0 Å². The van der Waals surface area contributed by atoms with Crippen LogP contribution >= 0.6 is 0 Å². The van der Waals surface area contributed by atoms with Crippen LogP contribution in [0.5, 0.6) is 11.5 Å². The number of rotatable bonds is 9. The van der Waals surface area contributed by atoms with E-state index in [2.05, 4.69) is 32.9 Å². The van der Waals surface area contributed by atoms with Crippen LogP contribution in [0.25, 0.3) is 0 Å². The number of aliphatic hydroxyl groups excluding tert-OH is 2.